The van der Waals surface area contributed by atoms with Gasteiger partial charge in [0.25, 0.3) is 0 Å². The van der Waals surface area contributed by atoms with Crippen LogP contribution in [0.1, 0.15) is 81.5 Å². The van der Waals surface area contributed by atoms with Gasteiger partial charge >= 0.3 is 0 Å². The summed E-state index contributed by atoms with van der Waals surface area (Å²) in [5.41, 5.74) is 6.88. The lowest BCUT2D eigenvalue weighted by atomic mass is 9.97. The first kappa shape index (κ1) is 23.7. The van der Waals surface area contributed by atoms with Gasteiger partial charge in [-0.25, -0.2) is 0 Å². The minimum absolute atomic E-state index is 0.579. The third kappa shape index (κ3) is 7.37. The van der Waals surface area contributed by atoms with E-state index >= 15 is 0 Å². The van der Waals surface area contributed by atoms with Gasteiger partial charge in [0.15, 0.2) is 0 Å². The average Bonchev–Trinajstić information content (AvgIpc) is 2.75. The molecule has 0 aromatic heterocycles. The van der Waals surface area contributed by atoms with Crippen LogP contribution in [-0.2, 0) is 6.54 Å². The number of hydrogen-bond acceptors (Lipinski definition) is 1. The molecule has 0 radical (unpaired) electrons. The zero-order chi connectivity index (χ0) is 22.1. The molecular formula is C29H39N. The van der Waals surface area contributed by atoms with Gasteiger partial charge in [-0.05, 0) is 52.1 Å². The summed E-state index contributed by atoms with van der Waals surface area (Å²) in [5, 5.41) is 0. The molecule has 0 amide bonds. The van der Waals surface area contributed by atoms with Crippen molar-refractivity contribution in [2.24, 2.45) is 0 Å². The largest absolute Gasteiger partial charge is 0.370 e. The molecule has 3 aromatic carbocycles. The van der Waals surface area contributed by atoms with Crippen molar-refractivity contribution in [1.29, 1.82) is 0 Å². The van der Waals surface area contributed by atoms with E-state index in [1.54, 1.807) is 0 Å². The molecule has 3 rings (SSSR count). The molecule has 160 valence electrons. The fourth-order valence-corrected chi connectivity index (χ4v) is 3.34. The molecule has 0 bridgehead atoms. The number of anilines is 1. The van der Waals surface area contributed by atoms with Gasteiger partial charge in [0, 0.05) is 19.3 Å². The summed E-state index contributed by atoms with van der Waals surface area (Å²) >= 11 is 0. The van der Waals surface area contributed by atoms with Gasteiger partial charge in [0.1, 0.15) is 0 Å². The first-order valence-electron chi connectivity index (χ1n) is 11.2. The van der Waals surface area contributed by atoms with E-state index in [9.17, 15) is 0 Å². The third-order valence-corrected chi connectivity index (χ3v) is 5.51. The number of benzene rings is 3. The molecule has 0 aliphatic carbocycles. The highest BCUT2D eigenvalue weighted by Crippen LogP contribution is 2.22. The molecule has 0 fully saturated rings. The van der Waals surface area contributed by atoms with Gasteiger partial charge in [-0.3, -0.25) is 0 Å². The summed E-state index contributed by atoms with van der Waals surface area (Å²) in [6.45, 7) is 14.3. The normalized spacial score (nSPS) is 10.9. The van der Waals surface area contributed by atoms with Gasteiger partial charge in [0.2, 0.25) is 0 Å². The maximum atomic E-state index is 2.29. The van der Waals surface area contributed by atoms with Gasteiger partial charge in [-0.2, -0.15) is 0 Å². The van der Waals surface area contributed by atoms with Crippen molar-refractivity contribution in [1.82, 2.24) is 0 Å². The van der Waals surface area contributed by atoms with E-state index in [0.717, 1.165) is 6.54 Å². The van der Waals surface area contributed by atoms with E-state index in [-0.39, 0.29) is 0 Å². The molecular weight excluding hydrogens is 362 g/mol. The zero-order valence-corrected chi connectivity index (χ0v) is 19.9. The molecule has 0 heterocycles. The molecule has 3 aromatic rings. The highest BCUT2D eigenvalue weighted by molar-refractivity contribution is 5.49. The summed E-state index contributed by atoms with van der Waals surface area (Å²) in [5.74, 6) is 1.87. The number of rotatable bonds is 6. The number of nitrogens with zero attached hydrogens (tertiary/aromatic N) is 1. The van der Waals surface area contributed by atoms with Crippen LogP contribution in [0.3, 0.4) is 0 Å². The van der Waals surface area contributed by atoms with Crippen molar-refractivity contribution in [2.45, 2.75) is 65.8 Å². The molecule has 1 heteroatoms. The van der Waals surface area contributed by atoms with Crippen LogP contribution in [0.15, 0.2) is 78.9 Å². The molecule has 0 saturated heterocycles. The number of hydrogen-bond donors (Lipinski definition) is 0. The van der Waals surface area contributed by atoms with Crippen LogP contribution in [0.4, 0.5) is 5.69 Å². The molecule has 0 spiro atoms. The van der Waals surface area contributed by atoms with Crippen LogP contribution >= 0.6 is 0 Å². The van der Waals surface area contributed by atoms with Crippen molar-refractivity contribution in [3.8, 4) is 0 Å². The van der Waals surface area contributed by atoms with Gasteiger partial charge in [0.05, 0.1) is 0 Å². The Kier molecular flexibility index (Phi) is 9.17. The fourth-order valence-electron chi connectivity index (χ4n) is 3.34. The van der Waals surface area contributed by atoms with Gasteiger partial charge in [-0.1, -0.05) is 108 Å². The Morgan fingerprint density at radius 1 is 0.567 bits per heavy atom. The zero-order valence-electron chi connectivity index (χ0n) is 19.9. The summed E-state index contributed by atoms with van der Waals surface area (Å²) in [6, 6.07) is 28.3. The van der Waals surface area contributed by atoms with E-state index in [2.05, 4.69) is 132 Å². The van der Waals surface area contributed by atoms with E-state index in [1.807, 2.05) is 0 Å². The van der Waals surface area contributed by atoms with E-state index in [0.29, 0.717) is 17.8 Å². The van der Waals surface area contributed by atoms with Crippen LogP contribution in [-0.4, -0.2) is 7.05 Å². The fraction of sp³-hybridized carbons (Fsp3) is 0.379. The van der Waals surface area contributed by atoms with Crippen molar-refractivity contribution in [3.05, 3.63) is 101 Å². The second-order valence-electron chi connectivity index (χ2n) is 9.07. The molecule has 0 unspecified atom stereocenters. The lowest BCUT2D eigenvalue weighted by molar-refractivity contribution is 0.845. The first-order chi connectivity index (χ1) is 14.3. The minimum Gasteiger partial charge on any atom is -0.370 e. The average molecular weight is 402 g/mol. The van der Waals surface area contributed by atoms with Gasteiger partial charge < -0.3 is 4.90 Å². The van der Waals surface area contributed by atoms with E-state index in [1.165, 1.54) is 27.9 Å². The third-order valence-electron chi connectivity index (χ3n) is 5.51. The maximum Gasteiger partial charge on any atom is 0.0426 e. The lowest BCUT2D eigenvalue weighted by Gasteiger charge is -2.20. The molecule has 0 aliphatic heterocycles. The Balaban J connectivity index is 0.000000232. The van der Waals surface area contributed by atoms with Crippen molar-refractivity contribution < 1.29 is 0 Å². The van der Waals surface area contributed by atoms with E-state index in [4.69, 9.17) is 0 Å². The van der Waals surface area contributed by atoms with Crippen LogP contribution in [0, 0.1) is 0 Å². The van der Waals surface area contributed by atoms with Crippen LogP contribution < -0.4 is 4.90 Å². The maximum absolute atomic E-state index is 2.29. The SMILES string of the molecule is CC(C)c1ccc(C(C)C)cc1.CC(C)c1cccc(N(C)Cc2ccccc2)c1. The Morgan fingerprint density at radius 3 is 1.53 bits per heavy atom. The first-order valence-corrected chi connectivity index (χ1v) is 11.2. The van der Waals surface area contributed by atoms with E-state index < -0.39 is 0 Å². The molecule has 0 atom stereocenters. The standard InChI is InChI=1S/C17H21N.C12H18/c1-14(2)16-10-7-11-17(12-16)18(3)13-15-8-5-4-6-9-15;1-9(2)11-5-7-12(8-6-11)10(3)4/h4-12,14H,13H2,1-3H3;5-10H,1-4H3. The second kappa shape index (κ2) is 11.6. The lowest BCUT2D eigenvalue weighted by Crippen LogP contribution is -2.16. The molecule has 1 nitrogen and oxygen atoms in total. The molecule has 0 N–H and O–H groups in total. The van der Waals surface area contributed by atoms with Gasteiger partial charge in [-0.15, -0.1) is 0 Å². The van der Waals surface area contributed by atoms with Crippen molar-refractivity contribution in [2.75, 3.05) is 11.9 Å². The van der Waals surface area contributed by atoms with Crippen molar-refractivity contribution in [3.63, 3.8) is 0 Å². The monoisotopic (exact) mass is 401 g/mol. The predicted octanol–water partition coefficient (Wildman–Crippen LogP) is 8.38. The summed E-state index contributed by atoms with van der Waals surface area (Å²) < 4.78 is 0. The predicted molar refractivity (Wildman–Crippen MR) is 134 cm³/mol. The van der Waals surface area contributed by atoms with Crippen LogP contribution in [0.5, 0.6) is 0 Å². The molecule has 0 saturated carbocycles. The quantitative estimate of drug-likeness (QED) is 0.401. The topological polar surface area (TPSA) is 3.24 Å². The smallest absolute Gasteiger partial charge is 0.0426 e. The summed E-state index contributed by atoms with van der Waals surface area (Å²) in [4.78, 5) is 2.29. The Hall–Kier alpha value is -2.54. The minimum atomic E-state index is 0.579. The second-order valence-corrected chi connectivity index (χ2v) is 9.07. The Labute approximate surface area is 184 Å². The highest BCUT2D eigenvalue weighted by atomic mass is 15.1. The Bertz CT molecular complexity index is 833. The van der Waals surface area contributed by atoms with Crippen LogP contribution in [0.2, 0.25) is 0 Å². The van der Waals surface area contributed by atoms with Crippen LogP contribution in [0.25, 0.3) is 0 Å². The Morgan fingerprint density at radius 2 is 1.07 bits per heavy atom. The summed E-state index contributed by atoms with van der Waals surface area (Å²) in [6.07, 6.45) is 0. The highest BCUT2D eigenvalue weighted by Gasteiger charge is 2.05. The summed E-state index contributed by atoms with van der Waals surface area (Å²) in [7, 11) is 2.15. The molecule has 30 heavy (non-hydrogen) atoms. The van der Waals surface area contributed by atoms with Crippen molar-refractivity contribution >= 4 is 5.69 Å². The molecule has 0 aliphatic rings.